The molecule has 172 valence electrons. The number of thioether (sulfide) groups is 1. The summed E-state index contributed by atoms with van der Waals surface area (Å²) in [4.78, 5) is 13.3. The SMILES string of the molecule is C=CCSC1=NN2C(c3cc(Br)ccc3OCc3ccccc3)Nc3ccccc3C2C(=O)N1. The second-order valence-corrected chi connectivity index (χ2v) is 9.79. The summed E-state index contributed by atoms with van der Waals surface area (Å²) >= 11 is 5.04. The van der Waals surface area contributed by atoms with Crippen LogP contribution in [-0.2, 0) is 11.4 Å². The number of carbonyl (C=O) groups is 1. The molecule has 0 bridgehead atoms. The molecular formula is C26H23BrN4O2S. The normalized spacial score (nSPS) is 18.7. The minimum absolute atomic E-state index is 0.109. The Kier molecular flexibility index (Phi) is 6.60. The van der Waals surface area contributed by atoms with Gasteiger partial charge in [0.1, 0.15) is 18.5 Å². The lowest BCUT2D eigenvalue weighted by Crippen LogP contribution is -2.51. The van der Waals surface area contributed by atoms with Gasteiger partial charge in [-0.05, 0) is 29.8 Å². The van der Waals surface area contributed by atoms with Crippen LogP contribution in [0.3, 0.4) is 0 Å². The highest BCUT2D eigenvalue weighted by Gasteiger charge is 2.42. The van der Waals surface area contributed by atoms with E-state index < -0.39 is 12.2 Å². The minimum atomic E-state index is -0.559. The number of para-hydroxylation sites is 1. The highest BCUT2D eigenvalue weighted by molar-refractivity contribution is 9.10. The molecule has 0 saturated carbocycles. The van der Waals surface area contributed by atoms with Gasteiger partial charge < -0.3 is 15.4 Å². The zero-order valence-corrected chi connectivity index (χ0v) is 20.7. The number of nitrogens with one attached hydrogen (secondary N) is 2. The van der Waals surface area contributed by atoms with Crippen LogP contribution in [0.2, 0.25) is 0 Å². The third-order valence-electron chi connectivity index (χ3n) is 5.60. The van der Waals surface area contributed by atoms with Crippen LogP contribution in [0.5, 0.6) is 5.75 Å². The van der Waals surface area contributed by atoms with Gasteiger partial charge in [-0.3, -0.25) is 9.80 Å². The molecule has 8 heteroatoms. The minimum Gasteiger partial charge on any atom is -0.488 e. The summed E-state index contributed by atoms with van der Waals surface area (Å²) in [6, 6.07) is 23.2. The van der Waals surface area contributed by atoms with Crippen molar-refractivity contribution in [3.8, 4) is 5.75 Å². The molecule has 0 aliphatic carbocycles. The molecule has 2 heterocycles. The number of benzene rings is 3. The largest absolute Gasteiger partial charge is 0.488 e. The molecule has 2 N–H and O–H groups in total. The van der Waals surface area contributed by atoms with Crippen molar-refractivity contribution in [2.75, 3.05) is 11.1 Å². The van der Waals surface area contributed by atoms with Crippen molar-refractivity contribution in [1.29, 1.82) is 0 Å². The van der Waals surface area contributed by atoms with Crippen LogP contribution >= 0.6 is 27.7 Å². The Bertz CT molecular complexity index is 1250. The summed E-state index contributed by atoms with van der Waals surface area (Å²) in [5.74, 6) is 1.26. The van der Waals surface area contributed by atoms with Crippen LogP contribution in [0.4, 0.5) is 5.69 Å². The number of amides is 1. The molecule has 0 fully saturated rings. The molecule has 6 nitrogen and oxygen atoms in total. The predicted molar refractivity (Wildman–Crippen MR) is 141 cm³/mol. The van der Waals surface area contributed by atoms with Crippen molar-refractivity contribution in [3.63, 3.8) is 0 Å². The quantitative estimate of drug-likeness (QED) is 0.390. The summed E-state index contributed by atoms with van der Waals surface area (Å²) in [6.07, 6.45) is 1.38. The van der Waals surface area contributed by atoms with Crippen molar-refractivity contribution >= 4 is 44.5 Å². The van der Waals surface area contributed by atoms with Crippen molar-refractivity contribution in [2.24, 2.45) is 5.10 Å². The maximum Gasteiger partial charge on any atom is 0.255 e. The molecule has 1 amide bonds. The zero-order chi connectivity index (χ0) is 23.5. The van der Waals surface area contributed by atoms with E-state index in [4.69, 9.17) is 9.84 Å². The third kappa shape index (κ3) is 4.56. The van der Waals surface area contributed by atoms with Crippen molar-refractivity contribution in [3.05, 3.63) is 107 Å². The van der Waals surface area contributed by atoms with Crippen LogP contribution < -0.4 is 15.4 Å². The maximum atomic E-state index is 13.3. The molecule has 2 atom stereocenters. The number of carbonyl (C=O) groups excluding carboxylic acids is 1. The Balaban J connectivity index is 1.56. The van der Waals surface area contributed by atoms with E-state index in [1.54, 1.807) is 6.08 Å². The molecule has 34 heavy (non-hydrogen) atoms. The van der Waals surface area contributed by atoms with Crippen LogP contribution in [0.15, 0.2) is 95.0 Å². The van der Waals surface area contributed by atoms with Gasteiger partial charge in [0.05, 0.1) is 0 Å². The Morgan fingerprint density at radius 2 is 1.88 bits per heavy atom. The molecular weight excluding hydrogens is 512 g/mol. The number of ether oxygens (including phenoxy) is 1. The average Bonchev–Trinajstić information content (AvgIpc) is 2.86. The van der Waals surface area contributed by atoms with Gasteiger partial charge in [-0.25, -0.2) is 0 Å². The van der Waals surface area contributed by atoms with Crippen LogP contribution in [0.1, 0.15) is 28.9 Å². The van der Waals surface area contributed by atoms with E-state index >= 15 is 0 Å². The first kappa shape index (κ1) is 22.6. The Hall–Kier alpha value is -3.23. The standard InChI is InChI=1S/C26H23BrN4O2S/c1-2-14-34-26-29-25(32)23-19-10-6-7-11-21(19)28-24(31(23)30-26)20-15-18(27)12-13-22(20)33-16-17-8-4-3-5-9-17/h2-13,15,23-24,28H,1,14,16H2,(H,29,30,32). The first-order chi connectivity index (χ1) is 16.6. The highest BCUT2D eigenvalue weighted by atomic mass is 79.9. The fourth-order valence-corrected chi connectivity index (χ4v) is 5.05. The lowest BCUT2D eigenvalue weighted by atomic mass is 9.97. The summed E-state index contributed by atoms with van der Waals surface area (Å²) in [5, 5.41) is 13.8. The van der Waals surface area contributed by atoms with Crippen molar-refractivity contribution < 1.29 is 9.53 Å². The van der Waals surface area contributed by atoms with Gasteiger partial charge in [-0.2, -0.15) is 0 Å². The lowest BCUT2D eigenvalue weighted by Gasteiger charge is -2.44. The molecule has 0 saturated heterocycles. The van der Waals surface area contributed by atoms with Gasteiger partial charge in [0, 0.05) is 27.0 Å². The second-order valence-electron chi connectivity index (χ2n) is 7.87. The molecule has 0 spiro atoms. The van der Waals surface area contributed by atoms with E-state index in [1.807, 2.05) is 77.8 Å². The fourth-order valence-electron chi connectivity index (χ4n) is 4.08. The third-order valence-corrected chi connectivity index (χ3v) is 6.96. The first-order valence-electron chi connectivity index (χ1n) is 10.9. The summed E-state index contributed by atoms with van der Waals surface area (Å²) in [5.41, 5.74) is 3.75. The molecule has 5 rings (SSSR count). The topological polar surface area (TPSA) is 66.0 Å². The van der Waals surface area contributed by atoms with Crippen LogP contribution in [0, 0.1) is 0 Å². The molecule has 0 aromatic heterocycles. The van der Waals surface area contributed by atoms with Gasteiger partial charge in [-0.1, -0.05) is 82.3 Å². The van der Waals surface area contributed by atoms with Gasteiger partial charge >= 0.3 is 0 Å². The number of amidine groups is 1. The monoisotopic (exact) mass is 534 g/mol. The van der Waals surface area contributed by atoms with Gasteiger partial charge in [0.15, 0.2) is 11.2 Å². The number of nitrogens with zero attached hydrogens (tertiary/aromatic N) is 2. The van der Waals surface area contributed by atoms with E-state index in [1.165, 1.54) is 11.8 Å². The molecule has 3 aromatic carbocycles. The Labute approximate surface area is 211 Å². The predicted octanol–water partition coefficient (Wildman–Crippen LogP) is 5.82. The van der Waals surface area contributed by atoms with Crippen molar-refractivity contribution in [2.45, 2.75) is 18.8 Å². The molecule has 0 radical (unpaired) electrons. The molecule has 2 unspecified atom stereocenters. The molecule has 2 aliphatic rings. The number of fused-ring (bicyclic) bond motifs is 3. The Morgan fingerprint density at radius 1 is 1.09 bits per heavy atom. The Morgan fingerprint density at radius 3 is 2.71 bits per heavy atom. The molecule has 2 aliphatic heterocycles. The van der Waals surface area contributed by atoms with Crippen LogP contribution in [0.25, 0.3) is 0 Å². The smallest absolute Gasteiger partial charge is 0.255 e. The number of anilines is 1. The zero-order valence-electron chi connectivity index (χ0n) is 18.3. The van der Waals surface area contributed by atoms with E-state index in [-0.39, 0.29) is 5.91 Å². The number of rotatable bonds is 6. The summed E-state index contributed by atoms with van der Waals surface area (Å²) < 4.78 is 7.18. The van der Waals surface area contributed by atoms with Gasteiger partial charge in [-0.15, -0.1) is 11.7 Å². The van der Waals surface area contributed by atoms with Gasteiger partial charge in [0.25, 0.3) is 5.91 Å². The summed E-state index contributed by atoms with van der Waals surface area (Å²) in [6.45, 7) is 4.21. The second kappa shape index (κ2) is 9.95. The van der Waals surface area contributed by atoms with Crippen LogP contribution in [-0.4, -0.2) is 21.8 Å². The fraction of sp³-hybridized carbons (Fsp3) is 0.154. The number of hydrazone groups is 1. The van der Waals surface area contributed by atoms with E-state index in [9.17, 15) is 4.79 Å². The first-order valence-corrected chi connectivity index (χ1v) is 12.6. The number of hydrogen-bond donors (Lipinski definition) is 2. The van der Waals surface area contributed by atoms with E-state index in [0.29, 0.717) is 17.5 Å². The van der Waals surface area contributed by atoms with Gasteiger partial charge in [0.2, 0.25) is 0 Å². The maximum absolute atomic E-state index is 13.3. The van der Waals surface area contributed by atoms with E-state index in [0.717, 1.165) is 32.6 Å². The average molecular weight is 535 g/mol. The van der Waals surface area contributed by atoms with Crippen molar-refractivity contribution in [1.82, 2.24) is 10.3 Å². The highest BCUT2D eigenvalue weighted by Crippen LogP contribution is 2.45. The molecule has 3 aromatic rings. The summed E-state index contributed by atoms with van der Waals surface area (Å²) in [7, 11) is 0. The van der Waals surface area contributed by atoms with E-state index in [2.05, 4.69) is 33.1 Å². The number of halogens is 1. The lowest BCUT2D eigenvalue weighted by molar-refractivity contribution is -0.127. The number of hydrogen-bond acceptors (Lipinski definition) is 6.